The smallest absolute Gasteiger partial charge is 0.307 e. The number of methoxy groups -OCH3 is 1. The molecule has 0 bridgehead atoms. The Morgan fingerprint density at radius 1 is 1.12 bits per heavy atom. The van der Waals surface area contributed by atoms with Gasteiger partial charge < -0.3 is 14.4 Å². The van der Waals surface area contributed by atoms with E-state index in [0.717, 1.165) is 6.07 Å². The number of hydrogen-bond donors (Lipinski definition) is 0. The second kappa shape index (κ2) is 9.92. The SMILES string of the molecule is CCOC(=O)CCN(CCCOC)C(=O)c1ccc(F)c(F)c1F. The second-order valence-electron chi connectivity index (χ2n) is 4.92. The van der Waals surface area contributed by atoms with Crippen molar-refractivity contribution in [3.8, 4) is 0 Å². The minimum atomic E-state index is -1.71. The third kappa shape index (κ3) is 5.52. The summed E-state index contributed by atoms with van der Waals surface area (Å²) in [5.74, 6) is -5.96. The van der Waals surface area contributed by atoms with Gasteiger partial charge >= 0.3 is 5.97 Å². The fraction of sp³-hybridized carbons (Fsp3) is 0.500. The molecular weight excluding hydrogens is 327 g/mol. The summed E-state index contributed by atoms with van der Waals surface area (Å²) in [4.78, 5) is 25.0. The van der Waals surface area contributed by atoms with Crippen molar-refractivity contribution < 1.29 is 32.2 Å². The van der Waals surface area contributed by atoms with Gasteiger partial charge in [0.1, 0.15) is 0 Å². The van der Waals surface area contributed by atoms with E-state index in [4.69, 9.17) is 9.47 Å². The van der Waals surface area contributed by atoms with Crippen LogP contribution in [0, 0.1) is 17.5 Å². The predicted molar refractivity (Wildman–Crippen MR) is 80.0 cm³/mol. The second-order valence-corrected chi connectivity index (χ2v) is 4.92. The molecule has 1 amide bonds. The van der Waals surface area contributed by atoms with Gasteiger partial charge in [-0.25, -0.2) is 13.2 Å². The van der Waals surface area contributed by atoms with Crippen LogP contribution in [0.5, 0.6) is 0 Å². The molecule has 1 aromatic carbocycles. The van der Waals surface area contributed by atoms with E-state index in [9.17, 15) is 22.8 Å². The van der Waals surface area contributed by atoms with Crippen LogP contribution in [0.3, 0.4) is 0 Å². The van der Waals surface area contributed by atoms with Crippen molar-refractivity contribution in [1.82, 2.24) is 4.90 Å². The highest BCUT2D eigenvalue weighted by molar-refractivity contribution is 5.94. The Bertz CT molecular complexity index is 581. The lowest BCUT2D eigenvalue weighted by Crippen LogP contribution is -2.35. The van der Waals surface area contributed by atoms with Gasteiger partial charge in [-0.1, -0.05) is 0 Å². The maximum absolute atomic E-state index is 13.8. The Kier molecular flexibility index (Phi) is 8.25. The molecule has 0 aliphatic rings. The molecule has 1 rings (SSSR count). The average molecular weight is 347 g/mol. The molecule has 0 aromatic heterocycles. The number of benzene rings is 1. The van der Waals surface area contributed by atoms with Crippen LogP contribution in [0.25, 0.3) is 0 Å². The van der Waals surface area contributed by atoms with Crippen LogP contribution >= 0.6 is 0 Å². The van der Waals surface area contributed by atoms with E-state index in [0.29, 0.717) is 19.1 Å². The van der Waals surface area contributed by atoms with Gasteiger partial charge in [0.2, 0.25) is 0 Å². The molecule has 1 aromatic rings. The van der Waals surface area contributed by atoms with Crippen molar-refractivity contribution in [3.63, 3.8) is 0 Å². The van der Waals surface area contributed by atoms with Crippen LogP contribution in [0.4, 0.5) is 13.2 Å². The molecule has 0 saturated heterocycles. The van der Waals surface area contributed by atoms with Crippen molar-refractivity contribution >= 4 is 11.9 Å². The molecule has 0 unspecified atom stereocenters. The summed E-state index contributed by atoms with van der Waals surface area (Å²) in [6.45, 7) is 2.35. The zero-order chi connectivity index (χ0) is 18.1. The number of carbonyl (C=O) groups excluding carboxylic acids is 2. The lowest BCUT2D eigenvalue weighted by Gasteiger charge is -2.22. The number of amides is 1. The first kappa shape index (κ1) is 20.0. The number of nitrogens with zero attached hydrogens (tertiary/aromatic N) is 1. The summed E-state index contributed by atoms with van der Waals surface area (Å²) in [6.07, 6.45) is 0.355. The van der Waals surface area contributed by atoms with Crippen molar-refractivity contribution in [2.24, 2.45) is 0 Å². The Morgan fingerprint density at radius 3 is 2.46 bits per heavy atom. The van der Waals surface area contributed by atoms with E-state index in [2.05, 4.69) is 0 Å². The van der Waals surface area contributed by atoms with Crippen molar-refractivity contribution in [3.05, 3.63) is 35.1 Å². The molecule has 0 fully saturated rings. The molecule has 0 saturated carbocycles. The molecule has 0 N–H and O–H groups in total. The van der Waals surface area contributed by atoms with E-state index < -0.39 is 34.9 Å². The topological polar surface area (TPSA) is 55.8 Å². The number of hydrogen-bond acceptors (Lipinski definition) is 4. The first-order chi connectivity index (χ1) is 11.4. The number of ether oxygens (including phenoxy) is 2. The van der Waals surface area contributed by atoms with Crippen LogP contribution in [-0.4, -0.2) is 50.2 Å². The third-order valence-electron chi connectivity index (χ3n) is 3.22. The van der Waals surface area contributed by atoms with Crippen LogP contribution < -0.4 is 0 Å². The van der Waals surface area contributed by atoms with Crippen LogP contribution in [0.1, 0.15) is 30.1 Å². The summed E-state index contributed by atoms with van der Waals surface area (Å²) in [5, 5.41) is 0. The van der Waals surface area contributed by atoms with E-state index in [1.807, 2.05) is 0 Å². The third-order valence-corrected chi connectivity index (χ3v) is 3.22. The molecule has 0 radical (unpaired) electrons. The van der Waals surface area contributed by atoms with E-state index in [1.54, 1.807) is 6.92 Å². The molecule has 0 spiro atoms. The molecule has 0 heterocycles. The van der Waals surface area contributed by atoms with Gasteiger partial charge in [0, 0.05) is 26.8 Å². The monoisotopic (exact) mass is 347 g/mol. The minimum absolute atomic E-state index is 0.0280. The summed E-state index contributed by atoms with van der Waals surface area (Å²) in [5.41, 5.74) is -0.588. The average Bonchev–Trinajstić information content (AvgIpc) is 2.55. The summed E-state index contributed by atoms with van der Waals surface area (Å²) in [6, 6.07) is 1.56. The molecule has 8 heteroatoms. The molecule has 0 aliphatic carbocycles. The zero-order valence-corrected chi connectivity index (χ0v) is 13.6. The van der Waals surface area contributed by atoms with Gasteiger partial charge in [-0.15, -0.1) is 0 Å². The quantitative estimate of drug-likeness (QED) is 0.391. The van der Waals surface area contributed by atoms with E-state index in [1.165, 1.54) is 12.0 Å². The maximum atomic E-state index is 13.8. The predicted octanol–water partition coefficient (Wildman–Crippen LogP) is 2.54. The fourth-order valence-electron chi connectivity index (χ4n) is 2.04. The first-order valence-corrected chi connectivity index (χ1v) is 7.49. The Morgan fingerprint density at radius 2 is 1.83 bits per heavy atom. The van der Waals surface area contributed by atoms with Gasteiger partial charge in [0.05, 0.1) is 18.6 Å². The number of rotatable bonds is 9. The fourth-order valence-corrected chi connectivity index (χ4v) is 2.04. The Labute approximate surface area is 138 Å². The van der Waals surface area contributed by atoms with Crippen LogP contribution in [0.2, 0.25) is 0 Å². The Balaban J connectivity index is 2.89. The van der Waals surface area contributed by atoms with Crippen LogP contribution in [-0.2, 0) is 14.3 Å². The van der Waals surface area contributed by atoms with Crippen LogP contribution in [0.15, 0.2) is 12.1 Å². The maximum Gasteiger partial charge on any atom is 0.307 e. The lowest BCUT2D eigenvalue weighted by atomic mass is 10.1. The van der Waals surface area contributed by atoms with Gasteiger partial charge in [-0.05, 0) is 25.5 Å². The zero-order valence-electron chi connectivity index (χ0n) is 13.6. The van der Waals surface area contributed by atoms with Gasteiger partial charge in [-0.3, -0.25) is 9.59 Å². The number of halogens is 3. The van der Waals surface area contributed by atoms with E-state index >= 15 is 0 Å². The van der Waals surface area contributed by atoms with Gasteiger partial charge in [0.15, 0.2) is 17.5 Å². The molecular formula is C16H20F3NO4. The standard InChI is InChI=1S/C16H20F3NO4/c1-3-24-13(21)7-9-20(8-4-10-23-2)16(22)11-5-6-12(17)15(19)14(11)18/h5-6H,3-4,7-10H2,1-2H3. The minimum Gasteiger partial charge on any atom is -0.466 e. The van der Waals surface area contributed by atoms with Gasteiger partial charge in [0.25, 0.3) is 5.91 Å². The first-order valence-electron chi connectivity index (χ1n) is 7.49. The lowest BCUT2D eigenvalue weighted by molar-refractivity contribution is -0.143. The Hall–Kier alpha value is -2.09. The molecule has 0 atom stereocenters. The molecule has 5 nitrogen and oxygen atoms in total. The molecule has 134 valence electrons. The molecule has 0 aliphatic heterocycles. The normalized spacial score (nSPS) is 10.5. The van der Waals surface area contributed by atoms with Crippen molar-refractivity contribution in [1.29, 1.82) is 0 Å². The highest BCUT2D eigenvalue weighted by Crippen LogP contribution is 2.17. The van der Waals surface area contributed by atoms with E-state index in [-0.39, 0.29) is 26.1 Å². The summed E-state index contributed by atoms with van der Waals surface area (Å²) < 4.78 is 49.8. The largest absolute Gasteiger partial charge is 0.466 e. The molecule has 24 heavy (non-hydrogen) atoms. The van der Waals surface area contributed by atoms with Crippen molar-refractivity contribution in [2.45, 2.75) is 19.8 Å². The number of esters is 1. The highest BCUT2D eigenvalue weighted by atomic mass is 19.2. The summed E-state index contributed by atoms with van der Waals surface area (Å²) in [7, 11) is 1.49. The highest BCUT2D eigenvalue weighted by Gasteiger charge is 2.23. The number of carbonyl (C=O) groups is 2. The van der Waals surface area contributed by atoms with Crippen molar-refractivity contribution in [2.75, 3.05) is 33.4 Å². The summed E-state index contributed by atoms with van der Waals surface area (Å²) >= 11 is 0. The van der Waals surface area contributed by atoms with Gasteiger partial charge in [-0.2, -0.15) is 0 Å².